The van der Waals surface area contributed by atoms with E-state index in [0.717, 1.165) is 22.7 Å². The van der Waals surface area contributed by atoms with Crippen molar-refractivity contribution in [1.82, 2.24) is 14.8 Å². The van der Waals surface area contributed by atoms with Gasteiger partial charge in [0, 0.05) is 11.4 Å². The average molecular weight is 425 g/mol. The lowest BCUT2D eigenvalue weighted by Crippen LogP contribution is -2.15. The molecule has 1 aromatic heterocycles. The zero-order valence-corrected chi connectivity index (χ0v) is 18.9. The van der Waals surface area contributed by atoms with Crippen LogP contribution >= 0.6 is 11.8 Å². The maximum absolute atomic E-state index is 12.5. The molecule has 158 valence electrons. The number of aryl methyl sites for hydroxylation is 1. The first-order valence-electron chi connectivity index (χ1n) is 10.0. The van der Waals surface area contributed by atoms with E-state index in [-0.39, 0.29) is 17.8 Å². The summed E-state index contributed by atoms with van der Waals surface area (Å²) < 4.78 is 7.59. The highest BCUT2D eigenvalue weighted by Gasteiger charge is 2.12. The largest absolute Gasteiger partial charge is 0.491 e. The zero-order chi connectivity index (χ0) is 21.7. The monoisotopic (exact) mass is 424 g/mol. The van der Waals surface area contributed by atoms with Crippen molar-refractivity contribution in [3.05, 3.63) is 59.9 Å². The summed E-state index contributed by atoms with van der Waals surface area (Å²) in [4.78, 5) is 12.5. The molecule has 0 fully saturated rings. The summed E-state index contributed by atoms with van der Waals surface area (Å²) in [5.74, 6) is 1.43. The lowest BCUT2D eigenvalue weighted by molar-refractivity contribution is -0.113. The first-order chi connectivity index (χ1) is 14.3. The average Bonchev–Trinajstić information content (AvgIpc) is 3.17. The number of benzene rings is 2. The van der Waals surface area contributed by atoms with Gasteiger partial charge in [-0.2, -0.15) is 0 Å². The van der Waals surface area contributed by atoms with Gasteiger partial charge in [-0.3, -0.25) is 9.36 Å². The number of nitrogens with one attached hydrogen (secondary N) is 1. The van der Waals surface area contributed by atoms with Crippen molar-refractivity contribution in [2.75, 3.05) is 11.1 Å². The molecule has 0 aliphatic rings. The molecule has 1 amide bonds. The van der Waals surface area contributed by atoms with Gasteiger partial charge in [-0.05, 0) is 68.1 Å². The van der Waals surface area contributed by atoms with Crippen LogP contribution in [0.2, 0.25) is 0 Å². The Kier molecular flexibility index (Phi) is 7.15. The third kappa shape index (κ3) is 5.63. The highest BCUT2D eigenvalue weighted by Crippen LogP contribution is 2.24. The van der Waals surface area contributed by atoms with Gasteiger partial charge in [0.05, 0.1) is 11.9 Å². The molecule has 3 rings (SSSR count). The SMILES string of the molecule is Cc1cc(OC(C)C)ccc1NC(=O)CSc1nncn1-c1ccc(C(C)C)cc1. The fourth-order valence-corrected chi connectivity index (χ4v) is 3.69. The Morgan fingerprint density at radius 1 is 1.13 bits per heavy atom. The molecular weight excluding hydrogens is 396 g/mol. The van der Waals surface area contributed by atoms with E-state index in [1.54, 1.807) is 6.33 Å². The molecule has 0 aliphatic carbocycles. The lowest BCUT2D eigenvalue weighted by Gasteiger charge is -2.13. The molecule has 0 radical (unpaired) electrons. The Balaban J connectivity index is 1.61. The number of nitrogens with zero attached hydrogens (tertiary/aromatic N) is 3. The molecule has 3 aromatic rings. The van der Waals surface area contributed by atoms with Gasteiger partial charge >= 0.3 is 0 Å². The molecule has 30 heavy (non-hydrogen) atoms. The van der Waals surface area contributed by atoms with Crippen LogP contribution in [0.3, 0.4) is 0 Å². The van der Waals surface area contributed by atoms with Crippen LogP contribution in [0.1, 0.15) is 44.7 Å². The number of thioether (sulfide) groups is 1. The number of amides is 1. The third-order valence-electron chi connectivity index (χ3n) is 4.53. The van der Waals surface area contributed by atoms with Crippen molar-refractivity contribution in [1.29, 1.82) is 0 Å². The second-order valence-corrected chi connectivity index (χ2v) is 8.65. The summed E-state index contributed by atoms with van der Waals surface area (Å²) in [6.07, 6.45) is 1.78. The number of carbonyl (C=O) groups excluding carboxylic acids is 1. The molecule has 7 heteroatoms. The van der Waals surface area contributed by atoms with E-state index in [4.69, 9.17) is 4.74 Å². The Morgan fingerprint density at radius 3 is 2.50 bits per heavy atom. The van der Waals surface area contributed by atoms with Gasteiger partial charge in [0.1, 0.15) is 12.1 Å². The molecule has 0 aliphatic heterocycles. The van der Waals surface area contributed by atoms with E-state index in [1.165, 1.54) is 17.3 Å². The number of anilines is 1. The summed E-state index contributed by atoms with van der Waals surface area (Å²) in [5.41, 5.74) is 3.99. The molecule has 0 saturated heterocycles. The maximum Gasteiger partial charge on any atom is 0.234 e. The van der Waals surface area contributed by atoms with Crippen LogP contribution in [0.15, 0.2) is 53.9 Å². The van der Waals surface area contributed by atoms with Crippen molar-refractivity contribution < 1.29 is 9.53 Å². The number of carbonyl (C=O) groups is 1. The highest BCUT2D eigenvalue weighted by atomic mass is 32.2. The van der Waals surface area contributed by atoms with E-state index in [0.29, 0.717) is 11.1 Å². The Labute approximate surface area is 182 Å². The molecular formula is C23H28N4O2S. The van der Waals surface area contributed by atoms with E-state index in [1.807, 2.05) is 55.7 Å². The van der Waals surface area contributed by atoms with Crippen LogP contribution in [0.5, 0.6) is 5.75 Å². The standard InChI is InChI=1S/C23H28N4O2S/c1-15(2)18-6-8-19(9-7-18)27-14-24-26-23(27)30-13-22(28)25-21-11-10-20(12-17(21)5)29-16(3)4/h6-12,14-16H,13H2,1-5H3,(H,25,28). The minimum atomic E-state index is -0.0923. The molecule has 0 bridgehead atoms. The molecule has 1 N–H and O–H groups in total. The molecule has 2 aromatic carbocycles. The van der Waals surface area contributed by atoms with Crippen molar-refractivity contribution in [3.8, 4) is 11.4 Å². The molecule has 6 nitrogen and oxygen atoms in total. The van der Waals surface area contributed by atoms with Gasteiger partial charge in [-0.15, -0.1) is 10.2 Å². The molecule has 0 atom stereocenters. The minimum Gasteiger partial charge on any atom is -0.491 e. The lowest BCUT2D eigenvalue weighted by atomic mass is 10.0. The van der Waals surface area contributed by atoms with Gasteiger partial charge in [0.15, 0.2) is 5.16 Å². The van der Waals surface area contributed by atoms with Crippen LogP contribution in [0.25, 0.3) is 5.69 Å². The first-order valence-corrected chi connectivity index (χ1v) is 11.0. The predicted molar refractivity (Wildman–Crippen MR) is 122 cm³/mol. The third-order valence-corrected chi connectivity index (χ3v) is 5.47. The Bertz CT molecular complexity index is 997. The fraction of sp³-hybridized carbons (Fsp3) is 0.348. The smallest absolute Gasteiger partial charge is 0.234 e. The Morgan fingerprint density at radius 2 is 1.87 bits per heavy atom. The molecule has 0 unspecified atom stereocenters. The van der Waals surface area contributed by atoms with Crippen LogP contribution in [0, 0.1) is 6.92 Å². The van der Waals surface area contributed by atoms with Crippen molar-refractivity contribution in [3.63, 3.8) is 0 Å². The van der Waals surface area contributed by atoms with E-state index in [9.17, 15) is 4.79 Å². The van der Waals surface area contributed by atoms with Crippen LogP contribution in [0.4, 0.5) is 5.69 Å². The topological polar surface area (TPSA) is 69.0 Å². The van der Waals surface area contributed by atoms with Gasteiger partial charge < -0.3 is 10.1 Å². The summed E-state index contributed by atoms with van der Waals surface area (Å²) in [6.45, 7) is 10.3. The second kappa shape index (κ2) is 9.80. The molecule has 0 spiro atoms. The zero-order valence-electron chi connectivity index (χ0n) is 18.0. The van der Waals surface area contributed by atoms with Gasteiger partial charge in [-0.25, -0.2) is 0 Å². The quantitative estimate of drug-likeness (QED) is 0.502. The van der Waals surface area contributed by atoms with Crippen molar-refractivity contribution in [2.45, 2.75) is 51.8 Å². The summed E-state index contributed by atoms with van der Waals surface area (Å²) in [5, 5.41) is 11.8. The molecule has 1 heterocycles. The second-order valence-electron chi connectivity index (χ2n) is 7.71. The van der Waals surface area contributed by atoms with Crippen molar-refractivity contribution >= 4 is 23.4 Å². The highest BCUT2D eigenvalue weighted by molar-refractivity contribution is 7.99. The fourth-order valence-electron chi connectivity index (χ4n) is 2.96. The van der Waals surface area contributed by atoms with E-state index in [2.05, 4.69) is 41.5 Å². The van der Waals surface area contributed by atoms with Gasteiger partial charge in [0.25, 0.3) is 0 Å². The van der Waals surface area contributed by atoms with Gasteiger partial charge in [-0.1, -0.05) is 37.7 Å². The molecule has 0 saturated carbocycles. The van der Waals surface area contributed by atoms with E-state index < -0.39 is 0 Å². The number of hydrogen-bond acceptors (Lipinski definition) is 5. The normalized spacial score (nSPS) is 11.2. The van der Waals surface area contributed by atoms with Crippen LogP contribution in [-0.2, 0) is 4.79 Å². The minimum absolute atomic E-state index is 0.0923. The summed E-state index contributed by atoms with van der Waals surface area (Å²) >= 11 is 1.36. The number of aromatic nitrogens is 3. The Hall–Kier alpha value is -2.80. The maximum atomic E-state index is 12.5. The van der Waals surface area contributed by atoms with E-state index >= 15 is 0 Å². The van der Waals surface area contributed by atoms with Crippen LogP contribution in [-0.4, -0.2) is 32.5 Å². The van der Waals surface area contributed by atoms with Gasteiger partial charge in [0.2, 0.25) is 5.91 Å². The predicted octanol–water partition coefficient (Wildman–Crippen LogP) is 5.22. The number of ether oxygens (including phenoxy) is 1. The first kappa shape index (κ1) is 21.9. The summed E-state index contributed by atoms with van der Waals surface area (Å²) in [6, 6.07) is 14.0. The van der Waals surface area contributed by atoms with Crippen molar-refractivity contribution in [2.24, 2.45) is 0 Å². The summed E-state index contributed by atoms with van der Waals surface area (Å²) in [7, 11) is 0. The van der Waals surface area contributed by atoms with Crippen LogP contribution < -0.4 is 10.1 Å². The number of hydrogen-bond donors (Lipinski definition) is 1. The number of rotatable bonds is 8.